The average Bonchev–Trinajstić information content (AvgIpc) is 2.74. The Morgan fingerprint density at radius 2 is 1.67 bits per heavy atom. The highest BCUT2D eigenvalue weighted by Gasteiger charge is 2.34. The zero-order chi connectivity index (χ0) is 21.9. The zero-order valence-corrected chi connectivity index (χ0v) is 19.7. The molecule has 2 heterocycles. The summed E-state index contributed by atoms with van der Waals surface area (Å²) in [7, 11) is -3.51. The fourth-order valence-corrected chi connectivity index (χ4v) is 6.00. The lowest BCUT2D eigenvalue weighted by Crippen LogP contribution is -2.54. The minimum atomic E-state index is -3.51. The first-order valence-corrected chi connectivity index (χ1v) is 12.7. The van der Waals surface area contributed by atoms with E-state index in [9.17, 15) is 13.2 Å². The molecule has 0 radical (unpaired) electrons. The lowest BCUT2D eigenvalue weighted by atomic mass is 9.95. The van der Waals surface area contributed by atoms with E-state index in [2.05, 4.69) is 24.1 Å². The molecule has 0 unspecified atom stereocenters. The fourth-order valence-electron chi connectivity index (χ4n) is 4.44. The van der Waals surface area contributed by atoms with E-state index < -0.39 is 10.0 Å². The molecule has 1 N–H and O–H groups in total. The molecule has 0 aliphatic carbocycles. The number of nitrogens with one attached hydrogen (secondary N) is 1. The van der Waals surface area contributed by atoms with Gasteiger partial charge in [-0.1, -0.05) is 12.5 Å². The number of carbonyl (C=O) groups is 1. The second-order valence-electron chi connectivity index (χ2n) is 9.50. The van der Waals surface area contributed by atoms with Crippen LogP contribution in [0.25, 0.3) is 0 Å². The van der Waals surface area contributed by atoms with Crippen molar-refractivity contribution in [2.45, 2.75) is 70.2 Å². The van der Waals surface area contributed by atoms with Crippen molar-refractivity contribution in [1.82, 2.24) is 14.5 Å². The minimum Gasteiger partial charge on any atom is -0.354 e. The van der Waals surface area contributed by atoms with Crippen molar-refractivity contribution in [1.29, 1.82) is 0 Å². The van der Waals surface area contributed by atoms with Crippen LogP contribution in [-0.2, 0) is 14.8 Å². The van der Waals surface area contributed by atoms with Crippen molar-refractivity contribution in [2.24, 2.45) is 5.92 Å². The number of amides is 1. The van der Waals surface area contributed by atoms with E-state index in [4.69, 9.17) is 0 Å². The van der Waals surface area contributed by atoms with Crippen molar-refractivity contribution in [3.63, 3.8) is 0 Å². The molecule has 30 heavy (non-hydrogen) atoms. The van der Waals surface area contributed by atoms with Crippen LogP contribution in [0.2, 0.25) is 0 Å². The summed E-state index contributed by atoms with van der Waals surface area (Å²) in [4.78, 5) is 15.6. The molecular weight excluding hydrogens is 398 g/mol. The number of carbonyl (C=O) groups excluding carboxylic acids is 1. The first kappa shape index (κ1) is 23.2. The van der Waals surface area contributed by atoms with Gasteiger partial charge in [-0.2, -0.15) is 4.31 Å². The summed E-state index contributed by atoms with van der Waals surface area (Å²) in [5.74, 6) is -0.0586. The van der Waals surface area contributed by atoms with Crippen molar-refractivity contribution in [3.05, 3.63) is 29.3 Å². The van der Waals surface area contributed by atoms with Crippen LogP contribution in [0.15, 0.2) is 23.1 Å². The van der Waals surface area contributed by atoms with Gasteiger partial charge in [0.05, 0.1) is 4.90 Å². The summed E-state index contributed by atoms with van der Waals surface area (Å²) >= 11 is 0. The molecule has 168 valence electrons. The normalized spacial score (nSPS) is 20.3. The SMILES string of the molecule is Cc1ccc(S(=O)(=O)N2CCC(C(=O)NCC(C)(C)N3CCCCC3)CC2)cc1C. The number of nitrogens with zero attached hydrogens (tertiary/aromatic N) is 2. The van der Waals surface area contributed by atoms with Gasteiger partial charge in [-0.15, -0.1) is 0 Å². The fraction of sp³-hybridized carbons (Fsp3) is 0.696. The van der Waals surface area contributed by atoms with Gasteiger partial charge < -0.3 is 5.32 Å². The van der Waals surface area contributed by atoms with E-state index >= 15 is 0 Å². The van der Waals surface area contributed by atoms with Crippen LogP contribution in [0, 0.1) is 19.8 Å². The monoisotopic (exact) mass is 435 g/mol. The van der Waals surface area contributed by atoms with Crippen LogP contribution in [0.1, 0.15) is 57.1 Å². The molecule has 0 bridgehead atoms. The molecule has 2 fully saturated rings. The topological polar surface area (TPSA) is 69.7 Å². The van der Waals surface area contributed by atoms with Crippen LogP contribution in [0.5, 0.6) is 0 Å². The molecule has 0 spiro atoms. The van der Waals surface area contributed by atoms with E-state index in [1.54, 1.807) is 12.1 Å². The van der Waals surface area contributed by atoms with Crippen molar-refractivity contribution in [2.75, 3.05) is 32.7 Å². The summed E-state index contributed by atoms with van der Waals surface area (Å²) < 4.78 is 27.5. The van der Waals surface area contributed by atoms with Crippen molar-refractivity contribution >= 4 is 15.9 Å². The second kappa shape index (κ2) is 9.37. The van der Waals surface area contributed by atoms with E-state index in [1.165, 1.54) is 23.6 Å². The standard InChI is InChI=1S/C23H37N3O3S/c1-18-8-9-21(16-19(18)2)30(28,29)26-14-10-20(11-15-26)22(27)24-17-23(3,4)25-12-6-5-7-13-25/h8-9,16,20H,5-7,10-15,17H2,1-4H3,(H,24,27). The Balaban J connectivity index is 1.53. The average molecular weight is 436 g/mol. The van der Waals surface area contributed by atoms with Gasteiger partial charge >= 0.3 is 0 Å². The Kier molecular flexibility index (Phi) is 7.25. The maximum Gasteiger partial charge on any atom is 0.243 e. The number of rotatable bonds is 6. The molecule has 1 aromatic carbocycles. The minimum absolute atomic E-state index is 0.0522. The highest BCUT2D eigenvalue weighted by molar-refractivity contribution is 7.89. The summed E-state index contributed by atoms with van der Waals surface area (Å²) in [5.41, 5.74) is 2.00. The highest BCUT2D eigenvalue weighted by Crippen LogP contribution is 2.26. The maximum atomic E-state index is 13.0. The Labute approximate surface area is 182 Å². The van der Waals surface area contributed by atoms with E-state index in [0.29, 0.717) is 37.4 Å². The Bertz CT molecular complexity index is 852. The summed E-state index contributed by atoms with van der Waals surface area (Å²) in [6, 6.07) is 5.28. The third kappa shape index (κ3) is 5.24. The van der Waals surface area contributed by atoms with Gasteiger partial charge in [0.25, 0.3) is 0 Å². The van der Waals surface area contributed by atoms with Crippen LogP contribution in [-0.4, -0.2) is 61.8 Å². The molecule has 0 atom stereocenters. The van der Waals surface area contributed by atoms with E-state index in [0.717, 1.165) is 24.2 Å². The van der Waals surface area contributed by atoms with Gasteiger partial charge in [-0.3, -0.25) is 9.69 Å². The van der Waals surface area contributed by atoms with Crippen LogP contribution < -0.4 is 5.32 Å². The third-order valence-electron chi connectivity index (χ3n) is 6.85. The van der Waals surface area contributed by atoms with Crippen LogP contribution in [0.3, 0.4) is 0 Å². The Morgan fingerprint density at radius 3 is 2.27 bits per heavy atom. The number of sulfonamides is 1. The van der Waals surface area contributed by atoms with Gasteiger partial charge in [0.1, 0.15) is 0 Å². The third-order valence-corrected chi connectivity index (χ3v) is 8.74. The zero-order valence-electron chi connectivity index (χ0n) is 18.9. The lowest BCUT2D eigenvalue weighted by molar-refractivity contribution is -0.126. The van der Waals surface area contributed by atoms with Gasteiger partial charge in [-0.25, -0.2) is 8.42 Å². The maximum absolute atomic E-state index is 13.0. The van der Waals surface area contributed by atoms with Gasteiger partial charge in [-0.05, 0) is 89.7 Å². The Morgan fingerprint density at radius 1 is 1.03 bits per heavy atom. The van der Waals surface area contributed by atoms with Crippen LogP contribution >= 0.6 is 0 Å². The molecule has 6 nitrogen and oxygen atoms in total. The van der Waals surface area contributed by atoms with E-state index in [1.807, 2.05) is 19.9 Å². The van der Waals surface area contributed by atoms with Gasteiger partial charge in [0, 0.05) is 31.1 Å². The number of hydrogen-bond donors (Lipinski definition) is 1. The number of benzene rings is 1. The molecule has 2 aliphatic heterocycles. The predicted octanol–water partition coefficient (Wildman–Crippen LogP) is 3.08. The first-order valence-electron chi connectivity index (χ1n) is 11.2. The molecule has 7 heteroatoms. The first-order chi connectivity index (χ1) is 14.1. The number of piperidine rings is 2. The molecule has 2 aliphatic rings. The lowest BCUT2D eigenvalue weighted by Gasteiger charge is -2.41. The molecule has 1 aromatic rings. The van der Waals surface area contributed by atoms with Crippen molar-refractivity contribution < 1.29 is 13.2 Å². The molecule has 0 saturated carbocycles. The van der Waals surface area contributed by atoms with Crippen molar-refractivity contribution in [3.8, 4) is 0 Å². The quantitative estimate of drug-likeness (QED) is 0.746. The highest BCUT2D eigenvalue weighted by atomic mass is 32.2. The molecule has 1 amide bonds. The number of hydrogen-bond acceptors (Lipinski definition) is 4. The largest absolute Gasteiger partial charge is 0.354 e. The van der Waals surface area contributed by atoms with Gasteiger partial charge in [0.15, 0.2) is 0 Å². The summed E-state index contributed by atoms with van der Waals surface area (Å²) in [6.45, 7) is 11.9. The van der Waals surface area contributed by atoms with E-state index in [-0.39, 0.29) is 17.4 Å². The molecular formula is C23H37N3O3S. The smallest absolute Gasteiger partial charge is 0.243 e. The number of likely N-dealkylation sites (tertiary alicyclic amines) is 1. The molecule has 3 rings (SSSR count). The van der Waals surface area contributed by atoms with Crippen LogP contribution in [0.4, 0.5) is 0 Å². The second-order valence-corrected chi connectivity index (χ2v) is 11.4. The molecule has 0 aromatic heterocycles. The summed E-state index contributed by atoms with van der Waals surface area (Å²) in [6.07, 6.45) is 4.89. The Hall–Kier alpha value is -1.44. The molecule has 2 saturated heterocycles. The van der Waals surface area contributed by atoms with Gasteiger partial charge in [0.2, 0.25) is 15.9 Å². The number of aryl methyl sites for hydroxylation is 2. The predicted molar refractivity (Wildman–Crippen MR) is 120 cm³/mol. The summed E-state index contributed by atoms with van der Waals surface area (Å²) in [5, 5.41) is 3.14.